The van der Waals surface area contributed by atoms with Crippen LogP contribution in [0.1, 0.15) is 0 Å². The molecule has 0 aliphatic carbocycles. The first-order valence-corrected chi connectivity index (χ1v) is 3.27. The van der Waals surface area contributed by atoms with Crippen molar-refractivity contribution in [3.63, 3.8) is 0 Å². The van der Waals surface area contributed by atoms with E-state index in [1.165, 1.54) is 17.0 Å². The number of aromatic nitrogens is 4. The lowest BCUT2D eigenvalue weighted by Gasteiger charge is -1.96. The molecule has 0 aromatic carbocycles. The molecule has 0 aliphatic heterocycles. The molecule has 0 saturated carbocycles. The first-order chi connectivity index (χ1) is 5.29. The maximum absolute atomic E-state index is 5.68. The summed E-state index contributed by atoms with van der Waals surface area (Å²) in [6.07, 6.45) is 2.91. The molecular weight excluding hydrogens is 166 g/mol. The maximum Gasteiger partial charge on any atom is 0.201 e. The molecule has 5 nitrogen and oxygen atoms in total. The van der Waals surface area contributed by atoms with Gasteiger partial charge < -0.3 is 5.73 Å². The largest absolute Gasteiger partial charge is 0.394 e. The molecule has 2 rings (SSSR count). The van der Waals surface area contributed by atoms with Crippen molar-refractivity contribution in [1.29, 1.82) is 0 Å². The van der Waals surface area contributed by atoms with Crippen molar-refractivity contribution in [2.24, 2.45) is 0 Å². The highest BCUT2D eigenvalue weighted by Gasteiger charge is 2.04. The molecule has 0 bridgehead atoms. The van der Waals surface area contributed by atoms with Gasteiger partial charge >= 0.3 is 0 Å². The van der Waals surface area contributed by atoms with E-state index in [0.29, 0.717) is 16.4 Å². The van der Waals surface area contributed by atoms with Crippen LogP contribution in [-0.4, -0.2) is 19.8 Å². The average molecular weight is 170 g/mol. The van der Waals surface area contributed by atoms with E-state index in [4.69, 9.17) is 17.3 Å². The zero-order chi connectivity index (χ0) is 7.84. The zero-order valence-corrected chi connectivity index (χ0v) is 6.15. The van der Waals surface area contributed by atoms with E-state index in [1.54, 1.807) is 0 Å². The predicted octanol–water partition coefficient (Wildman–Crippen LogP) is 0.360. The summed E-state index contributed by atoms with van der Waals surface area (Å²) in [5.41, 5.74) is 6.45. The first-order valence-electron chi connectivity index (χ1n) is 2.89. The number of nitrogen functional groups attached to an aromatic ring is 1. The fraction of sp³-hybridized carbons (Fsp3) is 0. The van der Waals surface area contributed by atoms with Crippen molar-refractivity contribution >= 4 is 22.9 Å². The van der Waals surface area contributed by atoms with Gasteiger partial charge in [0.05, 0.1) is 16.9 Å². The molecule has 0 radical (unpaired) electrons. The van der Waals surface area contributed by atoms with Gasteiger partial charge in [-0.15, -0.1) is 10.2 Å². The first kappa shape index (κ1) is 6.36. The Balaban J connectivity index is 2.93. The Morgan fingerprint density at radius 2 is 2.36 bits per heavy atom. The van der Waals surface area contributed by atoms with Crippen molar-refractivity contribution in [3.8, 4) is 0 Å². The van der Waals surface area contributed by atoms with Crippen LogP contribution in [0.15, 0.2) is 12.5 Å². The monoisotopic (exact) mass is 169 g/mol. The van der Waals surface area contributed by atoms with Crippen LogP contribution in [-0.2, 0) is 0 Å². The highest BCUT2D eigenvalue weighted by Crippen LogP contribution is 2.19. The SMILES string of the molecule is Nc1c(Cl)cnn2cnnc12. The van der Waals surface area contributed by atoms with Crippen molar-refractivity contribution in [1.82, 2.24) is 19.8 Å². The van der Waals surface area contributed by atoms with Crippen LogP contribution in [0.4, 0.5) is 5.69 Å². The quantitative estimate of drug-likeness (QED) is 0.618. The van der Waals surface area contributed by atoms with E-state index in [2.05, 4.69) is 15.3 Å². The van der Waals surface area contributed by atoms with E-state index in [-0.39, 0.29) is 0 Å². The lowest BCUT2D eigenvalue weighted by Crippen LogP contribution is -1.96. The summed E-state index contributed by atoms with van der Waals surface area (Å²) in [5.74, 6) is 0. The van der Waals surface area contributed by atoms with E-state index >= 15 is 0 Å². The minimum atomic E-state index is 0.394. The number of hydrogen-bond donors (Lipinski definition) is 1. The molecule has 0 spiro atoms. The third-order valence-electron chi connectivity index (χ3n) is 1.32. The Hall–Kier alpha value is -1.36. The van der Waals surface area contributed by atoms with Crippen LogP contribution in [0.25, 0.3) is 5.65 Å². The van der Waals surface area contributed by atoms with Crippen LogP contribution in [0.5, 0.6) is 0 Å². The number of fused-ring (bicyclic) bond motifs is 1. The number of rotatable bonds is 0. The van der Waals surface area contributed by atoms with Gasteiger partial charge in [0.15, 0.2) is 0 Å². The van der Waals surface area contributed by atoms with Gasteiger partial charge in [0.1, 0.15) is 6.33 Å². The molecule has 2 aromatic rings. The van der Waals surface area contributed by atoms with E-state index in [0.717, 1.165) is 0 Å². The van der Waals surface area contributed by atoms with Gasteiger partial charge in [-0.3, -0.25) is 0 Å². The van der Waals surface area contributed by atoms with Crippen LogP contribution < -0.4 is 5.73 Å². The Kier molecular flexibility index (Phi) is 1.19. The minimum absolute atomic E-state index is 0.394. The van der Waals surface area contributed by atoms with Gasteiger partial charge in [-0.25, -0.2) is 0 Å². The van der Waals surface area contributed by atoms with E-state index < -0.39 is 0 Å². The van der Waals surface area contributed by atoms with Gasteiger partial charge in [0.25, 0.3) is 0 Å². The standard InChI is InChI=1S/C5H4ClN5/c6-3-1-9-11-2-8-10-5(11)4(3)7/h1-2H,7H2. The molecule has 6 heteroatoms. The van der Waals surface area contributed by atoms with Gasteiger partial charge in [0.2, 0.25) is 5.65 Å². The summed E-state index contributed by atoms with van der Waals surface area (Å²) in [4.78, 5) is 0. The molecule has 0 amide bonds. The van der Waals surface area contributed by atoms with Gasteiger partial charge in [0, 0.05) is 0 Å². The predicted molar refractivity (Wildman–Crippen MR) is 40.2 cm³/mol. The van der Waals surface area contributed by atoms with Gasteiger partial charge in [-0.05, 0) is 0 Å². The van der Waals surface area contributed by atoms with Crippen molar-refractivity contribution < 1.29 is 0 Å². The summed E-state index contributed by atoms with van der Waals surface area (Å²) in [6.45, 7) is 0. The fourth-order valence-corrected chi connectivity index (χ4v) is 0.909. The summed E-state index contributed by atoms with van der Waals surface area (Å²) in [7, 11) is 0. The number of nitrogens with two attached hydrogens (primary N) is 1. The summed E-state index contributed by atoms with van der Waals surface area (Å²) >= 11 is 5.68. The highest BCUT2D eigenvalue weighted by molar-refractivity contribution is 6.33. The molecule has 0 aliphatic rings. The maximum atomic E-state index is 5.68. The number of anilines is 1. The smallest absolute Gasteiger partial charge is 0.201 e. The van der Waals surface area contributed by atoms with Crippen LogP contribution >= 0.6 is 11.6 Å². The van der Waals surface area contributed by atoms with Crippen molar-refractivity contribution in [3.05, 3.63) is 17.5 Å². The van der Waals surface area contributed by atoms with Crippen LogP contribution in [0.3, 0.4) is 0 Å². The second kappa shape index (κ2) is 2.06. The van der Waals surface area contributed by atoms with E-state index in [1.807, 2.05) is 0 Å². The second-order valence-corrected chi connectivity index (χ2v) is 2.41. The Bertz CT molecular complexity index is 395. The molecule has 11 heavy (non-hydrogen) atoms. The Morgan fingerprint density at radius 1 is 1.55 bits per heavy atom. The van der Waals surface area contributed by atoms with Crippen molar-refractivity contribution in [2.45, 2.75) is 0 Å². The molecule has 0 fully saturated rings. The zero-order valence-electron chi connectivity index (χ0n) is 5.40. The van der Waals surface area contributed by atoms with Gasteiger partial charge in [-0.2, -0.15) is 9.61 Å². The number of nitrogens with zero attached hydrogens (tertiary/aromatic N) is 4. The minimum Gasteiger partial charge on any atom is -0.394 e. The molecule has 0 unspecified atom stereocenters. The van der Waals surface area contributed by atoms with Crippen molar-refractivity contribution in [2.75, 3.05) is 5.73 Å². The third-order valence-corrected chi connectivity index (χ3v) is 1.63. The molecule has 2 aromatic heterocycles. The van der Waals surface area contributed by atoms with Crippen LogP contribution in [0.2, 0.25) is 5.02 Å². The fourth-order valence-electron chi connectivity index (χ4n) is 0.781. The topological polar surface area (TPSA) is 69.1 Å². The Labute approximate surface area is 66.8 Å². The molecule has 2 heterocycles. The Morgan fingerprint density at radius 3 is 3.18 bits per heavy atom. The summed E-state index contributed by atoms with van der Waals surface area (Å²) in [6, 6.07) is 0. The lowest BCUT2D eigenvalue weighted by molar-refractivity contribution is 0.928. The number of halogens is 1. The average Bonchev–Trinajstić information content (AvgIpc) is 2.45. The second-order valence-electron chi connectivity index (χ2n) is 2.01. The molecule has 0 atom stereocenters. The van der Waals surface area contributed by atoms with Gasteiger partial charge in [-0.1, -0.05) is 11.6 Å². The highest BCUT2D eigenvalue weighted by atomic mass is 35.5. The lowest BCUT2D eigenvalue weighted by atomic mass is 10.5. The third kappa shape index (κ3) is 0.813. The summed E-state index contributed by atoms with van der Waals surface area (Å²) < 4.78 is 1.46. The number of hydrogen-bond acceptors (Lipinski definition) is 4. The molecular formula is C5H4ClN5. The van der Waals surface area contributed by atoms with Crippen LogP contribution in [0, 0.1) is 0 Å². The molecule has 2 N–H and O–H groups in total. The summed E-state index contributed by atoms with van der Waals surface area (Å²) in [5, 5.41) is 11.6. The van der Waals surface area contributed by atoms with E-state index in [9.17, 15) is 0 Å². The molecule has 0 saturated heterocycles. The normalized spacial score (nSPS) is 10.6. The molecule has 56 valence electrons.